The van der Waals surface area contributed by atoms with Gasteiger partial charge in [0.2, 0.25) is 0 Å². The van der Waals surface area contributed by atoms with Crippen molar-refractivity contribution in [3.05, 3.63) is 24.3 Å². The minimum absolute atomic E-state index is 0.0760. The van der Waals surface area contributed by atoms with Gasteiger partial charge in [0, 0.05) is 6.42 Å². The number of aliphatic carboxylic acids is 1. The van der Waals surface area contributed by atoms with Crippen molar-refractivity contribution in [1.82, 2.24) is 5.32 Å². The van der Waals surface area contributed by atoms with E-state index in [-0.39, 0.29) is 12.8 Å². The number of nitrogens with one attached hydrogen (secondary N) is 1. The molecule has 7 nitrogen and oxygen atoms in total. The van der Waals surface area contributed by atoms with Crippen LogP contribution in [-0.2, 0) is 9.59 Å². The number of carbonyl (C=O) groups is 3. The number of hydrogen-bond acceptors (Lipinski definition) is 4. The normalized spacial score (nSPS) is 18.1. The first-order valence-electron chi connectivity index (χ1n) is 6.03. The Hall–Kier alpha value is -2.57. The molecule has 0 aliphatic carbocycles. The summed E-state index contributed by atoms with van der Waals surface area (Å²) < 4.78 is 5.00. The van der Waals surface area contributed by atoms with Gasteiger partial charge in [0.05, 0.1) is 12.8 Å². The molecule has 0 spiro atoms. The van der Waals surface area contributed by atoms with Crippen LogP contribution in [-0.4, -0.2) is 36.2 Å². The Morgan fingerprint density at radius 1 is 1.35 bits per heavy atom. The molecule has 1 aromatic rings. The molecule has 0 saturated carbocycles. The van der Waals surface area contributed by atoms with E-state index >= 15 is 0 Å². The lowest BCUT2D eigenvalue weighted by Gasteiger charge is -2.13. The second-order valence-electron chi connectivity index (χ2n) is 4.31. The lowest BCUT2D eigenvalue weighted by atomic mass is 10.1. The second-order valence-corrected chi connectivity index (χ2v) is 4.31. The highest BCUT2D eigenvalue weighted by atomic mass is 16.5. The van der Waals surface area contributed by atoms with Gasteiger partial charge in [0.1, 0.15) is 11.8 Å². The van der Waals surface area contributed by atoms with Crippen LogP contribution in [0.15, 0.2) is 24.3 Å². The second kappa shape index (κ2) is 5.60. The molecule has 1 heterocycles. The van der Waals surface area contributed by atoms with E-state index in [1.54, 1.807) is 24.3 Å². The summed E-state index contributed by atoms with van der Waals surface area (Å²) in [4.78, 5) is 35.4. The Balaban J connectivity index is 2.13. The standard InChI is InChI=1S/C13H14N2O5/c1-20-9-4-2-8(3-5-9)15-12(18)10(14-13(15)19)6-7-11(16)17/h2-5,10H,6-7H2,1H3,(H,14,19)(H,16,17)/t10-/m0/s1. The van der Waals surface area contributed by atoms with Gasteiger partial charge in [-0.2, -0.15) is 0 Å². The van der Waals surface area contributed by atoms with E-state index in [0.29, 0.717) is 11.4 Å². The van der Waals surface area contributed by atoms with Crippen molar-refractivity contribution >= 4 is 23.6 Å². The van der Waals surface area contributed by atoms with Crippen LogP contribution in [0.4, 0.5) is 10.5 Å². The molecule has 106 valence electrons. The summed E-state index contributed by atoms with van der Waals surface area (Å²) >= 11 is 0. The van der Waals surface area contributed by atoms with E-state index in [1.807, 2.05) is 0 Å². The van der Waals surface area contributed by atoms with Crippen molar-refractivity contribution in [2.45, 2.75) is 18.9 Å². The monoisotopic (exact) mass is 278 g/mol. The number of methoxy groups -OCH3 is 1. The molecule has 0 aromatic heterocycles. The molecule has 0 bridgehead atoms. The smallest absolute Gasteiger partial charge is 0.329 e. The molecule has 2 N–H and O–H groups in total. The Bertz CT molecular complexity index is 540. The maximum Gasteiger partial charge on any atom is 0.329 e. The SMILES string of the molecule is COc1ccc(N2C(=O)N[C@@H](CCC(=O)O)C2=O)cc1. The molecule has 1 saturated heterocycles. The highest BCUT2D eigenvalue weighted by Crippen LogP contribution is 2.23. The fourth-order valence-corrected chi connectivity index (χ4v) is 1.97. The predicted octanol–water partition coefficient (Wildman–Crippen LogP) is 0.985. The average Bonchev–Trinajstić information content (AvgIpc) is 2.71. The molecule has 2 rings (SSSR count). The van der Waals surface area contributed by atoms with E-state index in [0.717, 1.165) is 4.90 Å². The van der Waals surface area contributed by atoms with Crippen molar-refractivity contribution in [1.29, 1.82) is 0 Å². The zero-order chi connectivity index (χ0) is 14.7. The number of rotatable bonds is 5. The van der Waals surface area contributed by atoms with Crippen LogP contribution in [0.1, 0.15) is 12.8 Å². The average molecular weight is 278 g/mol. The van der Waals surface area contributed by atoms with Gasteiger partial charge < -0.3 is 15.2 Å². The fourth-order valence-electron chi connectivity index (χ4n) is 1.97. The number of carboxylic acid groups (broad SMARTS) is 1. The number of anilines is 1. The molecule has 0 radical (unpaired) electrons. The zero-order valence-electron chi connectivity index (χ0n) is 10.8. The van der Waals surface area contributed by atoms with E-state index in [9.17, 15) is 14.4 Å². The van der Waals surface area contributed by atoms with E-state index in [1.165, 1.54) is 7.11 Å². The number of ether oxygens (including phenoxy) is 1. The van der Waals surface area contributed by atoms with Gasteiger partial charge in [-0.15, -0.1) is 0 Å². The first-order chi connectivity index (χ1) is 9.52. The molecular weight excluding hydrogens is 264 g/mol. The molecular formula is C13H14N2O5. The first kappa shape index (κ1) is 13.9. The number of carbonyl (C=O) groups excluding carboxylic acids is 2. The maximum absolute atomic E-state index is 12.1. The number of nitrogens with zero attached hydrogens (tertiary/aromatic N) is 1. The van der Waals surface area contributed by atoms with Gasteiger partial charge in [0.15, 0.2) is 0 Å². The van der Waals surface area contributed by atoms with Crippen LogP contribution in [0.3, 0.4) is 0 Å². The maximum atomic E-state index is 12.1. The van der Waals surface area contributed by atoms with Crippen LogP contribution in [0.2, 0.25) is 0 Å². The van der Waals surface area contributed by atoms with Gasteiger partial charge in [0.25, 0.3) is 5.91 Å². The summed E-state index contributed by atoms with van der Waals surface area (Å²) in [6.45, 7) is 0. The predicted molar refractivity (Wildman–Crippen MR) is 69.7 cm³/mol. The Morgan fingerprint density at radius 3 is 2.55 bits per heavy atom. The minimum atomic E-state index is -1.00. The lowest BCUT2D eigenvalue weighted by Crippen LogP contribution is -2.31. The number of imide groups is 1. The summed E-state index contributed by atoms with van der Waals surface area (Å²) in [5.41, 5.74) is 0.422. The van der Waals surface area contributed by atoms with Crippen LogP contribution < -0.4 is 15.0 Å². The molecule has 3 amide bonds. The molecule has 1 aromatic carbocycles. The molecule has 1 aliphatic heterocycles. The number of hydrogen-bond donors (Lipinski definition) is 2. The van der Waals surface area contributed by atoms with Crippen molar-refractivity contribution < 1.29 is 24.2 Å². The summed E-state index contributed by atoms with van der Waals surface area (Å²) in [6, 6.07) is 5.13. The van der Waals surface area contributed by atoms with Gasteiger partial charge >= 0.3 is 12.0 Å². The van der Waals surface area contributed by atoms with Gasteiger partial charge in [-0.3, -0.25) is 9.59 Å². The zero-order valence-corrected chi connectivity index (χ0v) is 10.8. The summed E-state index contributed by atoms with van der Waals surface area (Å²) in [6.07, 6.45) is -0.0975. The number of amides is 3. The summed E-state index contributed by atoms with van der Waals surface area (Å²) in [7, 11) is 1.52. The quantitative estimate of drug-likeness (QED) is 0.783. The molecule has 0 unspecified atom stereocenters. The molecule has 20 heavy (non-hydrogen) atoms. The number of benzene rings is 1. The highest BCUT2D eigenvalue weighted by molar-refractivity contribution is 6.21. The first-order valence-corrected chi connectivity index (χ1v) is 6.03. The van der Waals surface area contributed by atoms with Crippen molar-refractivity contribution in [3.63, 3.8) is 0 Å². The van der Waals surface area contributed by atoms with Gasteiger partial charge in [-0.1, -0.05) is 0 Å². The third kappa shape index (κ3) is 2.71. The molecule has 1 atom stereocenters. The van der Waals surface area contributed by atoms with Crippen LogP contribution in [0.25, 0.3) is 0 Å². The lowest BCUT2D eigenvalue weighted by molar-refractivity contribution is -0.137. The van der Waals surface area contributed by atoms with Crippen LogP contribution in [0, 0.1) is 0 Å². The van der Waals surface area contributed by atoms with E-state index in [4.69, 9.17) is 9.84 Å². The van der Waals surface area contributed by atoms with Crippen LogP contribution >= 0.6 is 0 Å². The minimum Gasteiger partial charge on any atom is -0.497 e. The molecule has 1 aliphatic rings. The van der Waals surface area contributed by atoms with Crippen molar-refractivity contribution in [3.8, 4) is 5.75 Å². The summed E-state index contributed by atoms with van der Waals surface area (Å²) in [5, 5.41) is 11.1. The highest BCUT2D eigenvalue weighted by Gasteiger charge is 2.38. The third-order valence-electron chi connectivity index (χ3n) is 3.00. The Morgan fingerprint density at radius 2 is 2.00 bits per heavy atom. The molecule has 7 heteroatoms. The summed E-state index contributed by atoms with van der Waals surface area (Å²) in [5.74, 6) is -0.834. The van der Waals surface area contributed by atoms with Gasteiger partial charge in [-0.25, -0.2) is 9.69 Å². The Kier molecular flexibility index (Phi) is 3.88. The number of carboxylic acids is 1. The van der Waals surface area contributed by atoms with E-state index in [2.05, 4.69) is 5.32 Å². The number of urea groups is 1. The largest absolute Gasteiger partial charge is 0.497 e. The van der Waals surface area contributed by atoms with Crippen molar-refractivity contribution in [2.24, 2.45) is 0 Å². The van der Waals surface area contributed by atoms with Crippen molar-refractivity contribution in [2.75, 3.05) is 12.0 Å². The topological polar surface area (TPSA) is 95.9 Å². The molecule has 1 fully saturated rings. The van der Waals surface area contributed by atoms with E-state index < -0.39 is 23.9 Å². The van der Waals surface area contributed by atoms with Crippen LogP contribution in [0.5, 0.6) is 5.75 Å². The Labute approximate surface area is 115 Å². The fraction of sp³-hybridized carbons (Fsp3) is 0.308. The van der Waals surface area contributed by atoms with Gasteiger partial charge in [-0.05, 0) is 30.7 Å². The third-order valence-corrected chi connectivity index (χ3v) is 3.00.